The van der Waals surface area contributed by atoms with E-state index < -0.39 is 5.60 Å². The van der Waals surface area contributed by atoms with Crippen LogP contribution in [0.3, 0.4) is 0 Å². The van der Waals surface area contributed by atoms with Gasteiger partial charge in [-0.3, -0.25) is 0 Å². The van der Waals surface area contributed by atoms with Gasteiger partial charge in [0.1, 0.15) is 0 Å². The van der Waals surface area contributed by atoms with Crippen LogP contribution in [0.5, 0.6) is 0 Å². The van der Waals surface area contributed by atoms with E-state index in [2.05, 4.69) is 0 Å². The molecule has 2 nitrogen and oxygen atoms in total. The molecule has 1 atom stereocenters. The Kier molecular flexibility index (Phi) is 3.02. The van der Waals surface area contributed by atoms with Crippen molar-refractivity contribution < 1.29 is 10.2 Å². The third-order valence-electron chi connectivity index (χ3n) is 1.13. The van der Waals surface area contributed by atoms with Crippen LogP contribution in [0.15, 0.2) is 0 Å². The standard InChI is InChI=1S/C6H14O2/c1-3-4-6(2,8)5-7/h7-8H,3-5H2,1-2H3/t6-/m1/s1. The average molecular weight is 118 g/mol. The van der Waals surface area contributed by atoms with Crippen LogP contribution in [0.4, 0.5) is 0 Å². The van der Waals surface area contributed by atoms with Crippen LogP contribution in [-0.2, 0) is 0 Å². The molecule has 0 fully saturated rings. The van der Waals surface area contributed by atoms with Gasteiger partial charge in [-0.25, -0.2) is 0 Å². The smallest absolute Gasteiger partial charge is 0.0849 e. The van der Waals surface area contributed by atoms with Crippen molar-refractivity contribution in [3.63, 3.8) is 0 Å². The molecule has 2 heteroatoms. The summed E-state index contributed by atoms with van der Waals surface area (Å²) in [6.07, 6.45) is 1.58. The van der Waals surface area contributed by atoms with Gasteiger partial charge >= 0.3 is 0 Å². The summed E-state index contributed by atoms with van der Waals surface area (Å²) >= 11 is 0. The maximum absolute atomic E-state index is 9.07. The van der Waals surface area contributed by atoms with Gasteiger partial charge < -0.3 is 10.2 Å². The minimum absolute atomic E-state index is 0.138. The molecule has 0 saturated carbocycles. The second-order valence-corrected chi connectivity index (χ2v) is 2.41. The minimum Gasteiger partial charge on any atom is -0.393 e. The molecule has 0 aromatic rings. The lowest BCUT2D eigenvalue weighted by atomic mass is 10.0. The fourth-order valence-electron chi connectivity index (χ4n) is 0.618. The van der Waals surface area contributed by atoms with E-state index in [0.717, 1.165) is 6.42 Å². The molecule has 0 radical (unpaired) electrons. The van der Waals surface area contributed by atoms with Crippen LogP contribution in [-0.4, -0.2) is 22.4 Å². The van der Waals surface area contributed by atoms with Gasteiger partial charge in [0.05, 0.1) is 12.2 Å². The zero-order valence-electron chi connectivity index (χ0n) is 5.52. The van der Waals surface area contributed by atoms with Crippen molar-refractivity contribution in [1.29, 1.82) is 0 Å². The van der Waals surface area contributed by atoms with E-state index >= 15 is 0 Å². The van der Waals surface area contributed by atoms with E-state index in [9.17, 15) is 0 Å². The highest BCUT2D eigenvalue weighted by Crippen LogP contribution is 2.08. The topological polar surface area (TPSA) is 40.5 Å². The van der Waals surface area contributed by atoms with Gasteiger partial charge in [0.25, 0.3) is 0 Å². The highest BCUT2D eigenvalue weighted by molar-refractivity contribution is 4.68. The Bertz CT molecular complexity index is 59.5. The highest BCUT2D eigenvalue weighted by Gasteiger charge is 2.16. The third-order valence-corrected chi connectivity index (χ3v) is 1.13. The van der Waals surface area contributed by atoms with Gasteiger partial charge in [-0.2, -0.15) is 0 Å². The van der Waals surface area contributed by atoms with Crippen molar-refractivity contribution in [2.75, 3.05) is 6.61 Å². The van der Waals surface area contributed by atoms with E-state index in [1.807, 2.05) is 6.92 Å². The Morgan fingerprint density at radius 3 is 2.12 bits per heavy atom. The Morgan fingerprint density at radius 1 is 1.50 bits per heavy atom. The summed E-state index contributed by atoms with van der Waals surface area (Å²) in [4.78, 5) is 0. The molecule has 0 aliphatic carbocycles. The van der Waals surface area contributed by atoms with Gasteiger partial charge in [0, 0.05) is 0 Å². The fraction of sp³-hybridized carbons (Fsp3) is 1.00. The van der Waals surface area contributed by atoms with E-state index in [1.165, 1.54) is 0 Å². The first-order valence-electron chi connectivity index (χ1n) is 2.95. The van der Waals surface area contributed by atoms with Crippen molar-refractivity contribution in [3.8, 4) is 0 Å². The van der Waals surface area contributed by atoms with Gasteiger partial charge in [-0.1, -0.05) is 13.3 Å². The van der Waals surface area contributed by atoms with Gasteiger partial charge in [-0.15, -0.1) is 0 Å². The van der Waals surface area contributed by atoms with Crippen molar-refractivity contribution >= 4 is 0 Å². The lowest BCUT2D eigenvalue weighted by molar-refractivity contribution is -0.00551. The molecule has 0 unspecified atom stereocenters. The van der Waals surface area contributed by atoms with Crippen molar-refractivity contribution in [2.24, 2.45) is 0 Å². The lowest BCUT2D eigenvalue weighted by Gasteiger charge is -2.18. The molecular formula is C6H14O2. The van der Waals surface area contributed by atoms with Crippen molar-refractivity contribution in [2.45, 2.75) is 32.3 Å². The first-order chi connectivity index (χ1) is 3.62. The van der Waals surface area contributed by atoms with Crippen LogP contribution >= 0.6 is 0 Å². The Balaban J connectivity index is 3.37. The number of aliphatic hydroxyl groups excluding tert-OH is 1. The Hall–Kier alpha value is -0.0800. The Labute approximate surface area is 50.2 Å². The molecule has 0 rings (SSSR count). The van der Waals surface area contributed by atoms with Crippen molar-refractivity contribution in [1.82, 2.24) is 0 Å². The molecule has 0 spiro atoms. The molecule has 0 aromatic carbocycles. The third kappa shape index (κ3) is 2.99. The number of hydrogen-bond acceptors (Lipinski definition) is 2. The largest absolute Gasteiger partial charge is 0.393 e. The zero-order chi connectivity index (χ0) is 6.62. The van der Waals surface area contributed by atoms with Crippen LogP contribution in [0, 0.1) is 0 Å². The molecule has 50 valence electrons. The zero-order valence-corrected chi connectivity index (χ0v) is 5.52. The summed E-state index contributed by atoms with van der Waals surface area (Å²) in [5.41, 5.74) is -0.852. The first kappa shape index (κ1) is 7.92. The lowest BCUT2D eigenvalue weighted by Crippen LogP contribution is -2.28. The maximum atomic E-state index is 9.07. The summed E-state index contributed by atoms with van der Waals surface area (Å²) in [7, 11) is 0. The number of rotatable bonds is 3. The summed E-state index contributed by atoms with van der Waals surface area (Å²) in [6, 6.07) is 0. The summed E-state index contributed by atoms with van der Waals surface area (Å²) < 4.78 is 0. The molecule has 0 saturated heterocycles. The molecule has 0 heterocycles. The van der Waals surface area contributed by atoms with Crippen LogP contribution in [0.25, 0.3) is 0 Å². The Morgan fingerprint density at radius 2 is 2.00 bits per heavy atom. The van der Waals surface area contributed by atoms with Crippen LogP contribution < -0.4 is 0 Å². The molecule has 2 N–H and O–H groups in total. The predicted octanol–water partition coefficient (Wildman–Crippen LogP) is 0.530. The van der Waals surface area contributed by atoms with Crippen LogP contribution in [0.2, 0.25) is 0 Å². The minimum atomic E-state index is -0.852. The molecule has 0 aromatic heterocycles. The van der Waals surface area contributed by atoms with Gasteiger partial charge in [0.15, 0.2) is 0 Å². The second kappa shape index (κ2) is 3.05. The normalized spacial score (nSPS) is 18.0. The predicted molar refractivity (Wildman–Crippen MR) is 32.6 cm³/mol. The van der Waals surface area contributed by atoms with Gasteiger partial charge in [-0.05, 0) is 13.3 Å². The van der Waals surface area contributed by atoms with E-state index in [1.54, 1.807) is 6.92 Å². The molecular weight excluding hydrogens is 104 g/mol. The summed E-state index contributed by atoms with van der Waals surface area (Å²) in [5.74, 6) is 0. The average Bonchev–Trinajstić information content (AvgIpc) is 1.67. The molecule has 0 aliphatic rings. The summed E-state index contributed by atoms with van der Waals surface area (Å²) in [6.45, 7) is 3.47. The van der Waals surface area contributed by atoms with E-state index in [4.69, 9.17) is 10.2 Å². The molecule has 0 aliphatic heterocycles. The van der Waals surface area contributed by atoms with E-state index in [0.29, 0.717) is 6.42 Å². The highest BCUT2D eigenvalue weighted by atomic mass is 16.3. The van der Waals surface area contributed by atoms with E-state index in [-0.39, 0.29) is 6.61 Å². The fourth-order valence-corrected chi connectivity index (χ4v) is 0.618. The molecule has 0 amide bonds. The molecule has 0 bridgehead atoms. The summed E-state index contributed by atoms with van der Waals surface area (Å²) in [5, 5.41) is 17.5. The second-order valence-electron chi connectivity index (χ2n) is 2.41. The van der Waals surface area contributed by atoms with Gasteiger partial charge in [0.2, 0.25) is 0 Å². The first-order valence-corrected chi connectivity index (χ1v) is 2.95. The maximum Gasteiger partial charge on any atom is 0.0849 e. The number of aliphatic hydroxyl groups is 2. The van der Waals surface area contributed by atoms with Crippen LogP contribution in [0.1, 0.15) is 26.7 Å². The van der Waals surface area contributed by atoms with Crippen molar-refractivity contribution in [3.05, 3.63) is 0 Å². The molecule has 8 heavy (non-hydrogen) atoms. The SMILES string of the molecule is CCC[C@@](C)(O)CO. The quantitative estimate of drug-likeness (QED) is 0.567. The monoisotopic (exact) mass is 118 g/mol. The number of hydrogen-bond donors (Lipinski definition) is 2.